The first-order valence-electron chi connectivity index (χ1n) is 15.0. The van der Waals surface area contributed by atoms with E-state index in [4.69, 9.17) is 9.47 Å². The number of halogens is 6. The van der Waals surface area contributed by atoms with E-state index in [1.807, 2.05) is 0 Å². The number of nitrogens with zero attached hydrogens (tertiary/aromatic N) is 10. The van der Waals surface area contributed by atoms with E-state index in [1.54, 1.807) is 47.7 Å². The molecule has 0 saturated heterocycles. The fraction of sp³-hybridized carbons (Fsp3) is 0.467. The third-order valence-corrected chi connectivity index (χ3v) is 6.78. The molecule has 0 bridgehead atoms. The molecule has 0 aliphatic carbocycles. The summed E-state index contributed by atoms with van der Waals surface area (Å²) in [5, 5.41) is 8.30. The molecule has 4 aromatic rings. The number of alkyl halides is 6. The molecule has 4 aromatic heterocycles. The van der Waals surface area contributed by atoms with Crippen LogP contribution >= 0.6 is 0 Å². The average Bonchev–Trinajstić information content (AvgIpc) is 3.75. The molecule has 0 spiro atoms. The highest BCUT2D eigenvalue weighted by Crippen LogP contribution is 2.30. The number of amides is 2. The molecule has 2 amide bonds. The Balaban J connectivity index is 0.000000194. The molecule has 0 fully saturated rings. The lowest BCUT2D eigenvalue weighted by Crippen LogP contribution is -2.33. The van der Waals surface area contributed by atoms with Crippen LogP contribution < -0.4 is 0 Å². The zero-order valence-corrected chi connectivity index (χ0v) is 27.7. The van der Waals surface area contributed by atoms with Crippen molar-refractivity contribution in [3.63, 3.8) is 0 Å². The van der Waals surface area contributed by atoms with Crippen molar-refractivity contribution in [2.24, 2.45) is 0 Å². The van der Waals surface area contributed by atoms with E-state index in [-0.39, 0.29) is 37.8 Å². The van der Waals surface area contributed by atoms with Crippen molar-refractivity contribution < 1.29 is 45.4 Å². The quantitative estimate of drug-likeness (QED) is 0.232. The van der Waals surface area contributed by atoms with Crippen LogP contribution in [-0.4, -0.2) is 72.7 Å². The van der Waals surface area contributed by atoms with Gasteiger partial charge < -0.3 is 9.47 Å². The van der Waals surface area contributed by atoms with Crippen molar-refractivity contribution in [3.8, 4) is 11.6 Å². The van der Waals surface area contributed by atoms with Crippen LogP contribution in [0.4, 0.5) is 35.9 Å². The standard InChI is InChI=1S/2C15H16F3N5O2/c1-14(2,3)25-13(24)22-6-9-7-23(21-10(9)8-22)11-4-5-19-12(20-11)15(16,17)18;1-14(2,3)25-13(24)22-7-9-6-20-23(10(9)8-22)11-4-5-19-12(21-11)15(16,17)18/h4-5,7H,6,8H2,1-3H3;4-6H,7-8H2,1-3H3. The van der Waals surface area contributed by atoms with Gasteiger partial charge in [-0.1, -0.05) is 0 Å². The van der Waals surface area contributed by atoms with Crippen molar-refractivity contribution >= 4 is 12.2 Å². The third kappa shape index (κ3) is 8.46. The summed E-state index contributed by atoms with van der Waals surface area (Å²) in [5.41, 5.74) is 1.42. The molecule has 20 heteroatoms. The number of aromatic nitrogens is 8. The number of hydrogen-bond donors (Lipinski definition) is 0. The number of fused-ring (bicyclic) bond motifs is 2. The molecule has 0 N–H and O–H groups in total. The largest absolute Gasteiger partial charge is 0.451 e. The van der Waals surface area contributed by atoms with Gasteiger partial charge in [-0.3, -0.25) is 9.80 Å². The summed E-state index contributed by atoms with van der Waals surface area (Å²) in [4.78, 5) is 40.6. The molecule has 2 aliphatic rings. The maximum atomic E-state index is 12.8. The Morgan fingerprint density at radius 2 is 1.20 bits per heavy atom. The van der Waals surface area contributed by atoms with E-state index < -0.39 is 47.4 Å². The molecule has 14 nitrogen and oxygen atoms in total. The van der Waals surface area contributed by atoms with Gasteiger partial charge >= 0.3 is 24.5 Å². The van der Waals surface area contributed by atoms with Gasteiger partial charge in [-0.15, -0.1) is 0 Å². The minimum Gasteiger partial charge on any atom is -0.444 e. The Morgan fingerprint density at radius 1 is 0.700 bits per heavy atom. The molecular weight excluding hydrogens is 678 g/mol. The van der Waals surface area contributed by atoms with Crippen molar-refractivity contribution in [2.75, 3.05) is 0 Å². The highest BCUT2D eigenvalue weighted by molar-refractivity contribution is 5.69. The van der Waals surface area contributed by atoms with Gasteiger partial charge in [0.1, 0.15) is 11.2 Å². The molecular formula is C30H32F6N10O4. The monoisotopic (exact) mass is 710 g/mol. The molecule has 0 radical (unpaired) electrons. The highest BCUT2D eigenvalue weighted by Gasteiger charge is 2.37. The van der Waals surface area contributed by atoms with Gasteiger partial charge in [0.15, 0.2) is 11.6 Å². The zero-order chi connectivity index (χ0) is 36.8. The summed E-state index contributed by atoms with van der Waals surface area (Å²) in [6.07, 6.45) is -5.09. The average molecular weight is 711 g/mol. The lowest BCUT2D eigenvalue weighted by atomic mass is 10.2. The van der Waals surface area contributed by atoms with Gasteiger partial charge in [0.05, 0.1) is 43.8 Å². The molecule has 0 saturated carbocycles. The molecule has 2 aliphatic heterocycles. The van der Waals surface area contributed by atoms with Crippen LogP contribution in [-0.2, 0) is 48.0 Å². The maximum absolute atomic E-state index is 12.8. The van der Waals surface area contributed by atoms with Crippen molar-refractivity contribution in [1.29, 1.82) is 0 Å². The van der Waals surface area contributed by atoms with Gasteiger partial charge in [0, 0.05) is 41.9 Å². The van der Waals surface area contributed by atoms with E-state index in [1.165, 1.54) is 37.5 Å². The number of carbonyl (C=O) groups is 2. The summed E-state index contributed by atoms with van der Waals surface area (Å²) in [6, 6.07) is 2.67. The lowest BCUT2D eigenvalue weighted by Gasteiger charge is -2.24. The topological polar surface area (TPSA) is 146 Å². The SMILES string of the molecule is CC(C)(C)OC(=O)N1Cc2cn(-c3ccnc(C(F)(F)F)n3)nc2C1.CC(C)(C)OC(=O)N1Cc2cnn(-c3ccnc(C(F)(F)F)n3)c2C1. The number of carbonyl (C=O) groups excluding carboxylic acids is 2. The molecule has 6 rings (SSSR count). The second-order valence-corrected chi connectivity index (χ2v) is 13.2. The Morgan fingerprint density at radius 3 is 1.72 bits per heavy atom. The predicted octanol–water partition coefficient (Wildman–Crippen LogP) is 5.86. The molecule has 268 valence electrons. The summed E-state index contributed by atoms with van der Waals surface area (Å²) in [5.74, 6) is -2.46. The van der Waals surface area contributed by atoms with E-state index in [0.29, 0.717) is 11.4 Å². The second-order valence-electron chi connectivity index (χ2n) is 13.2. The fourth-order valence-electron chi connectivity index (χ4n) is 4.75. The molecule has 6 heterocycles. The predicted molar refractivity (Wildman–Crippen MR) is 159 cm³/mol. The smallest absolute Gasteiger partial charge is 0.444 e. The summed E-state index contributed by atoms with van der Waals surface area (Å²) >= 11 is 0. The first kappa shape index (κ1) is 36.0. The van der Waals surface area contributed by atoms with E-state index >= 15 is 0 Å². The van der Waals surface area contributed by atoms with Crippen LogP contribution in [0.3, 0.4) is 0 Å². The Kier molecular flexibility index (Phi) is 9.26. The van der Waals surface area contributed by atoms with Crippen molar-refractivity contribution in [1.82, 2.24) is 49.3 Å². The summed E-state index contributed by atoms with van der Waals surface area (Å²) < 4.78 is 89.6. The van der Waals surface area contributed by atoms with Gasteiger partial charge in [0.2, 0.25) is 11.6 Å². The van der Waals surface area contributed by atoms with Crippen molar-refractivity contribution in [3.05, 3.63) is 71.1 Å². The maximum Gasteiger partial charge on any atom is 0.451 e. The Hall–Kier alpha value is -5.30. The van der Waals surface area contributed by atoms with Gasteiger partial charge in [-0.05, 0) is 41.5 Å². The minimum atomic E-state index is -4.64. The van der Waals surface area contributed by atoms with Gasteiger partial charge in [-0.2, -0.15) is 36.5 Å². The number of rotatable bonds is 2. The van der Waals surface area contributed by atoms with E-state index in [9.17, 15) is 35.9 Å². The number of ether oxygens (including phenoxy) is 2. The minimum absolute atomic E-state index is 0.00499. The third-order valence-electron chi connectivity index (χ3n) is 6.78. The van der Waals surface area contributed by atoms with Crippen LogP contribution in [0, 0.1) is 0 Å². The lowest BCUT2D eigenvalue weighted by molar-refractivity contribution is -0.145. The summed E-state index contributed by atoms with van der Waals surface area (Å²) in [7, 11) is 0. The normalized spacial score (nSPS) is 14.6. The Labute approximate surface area is 281 Å². The zero-order valence-electron chi connectivity index (χ0n) is 27.7. The first-order valence-corrected chi connectivity index (χ1v) is 15.0. The van der Waals surface area contributed by atoms with E-state index in [0.717, 1.165) is 23.5 Å². The molecule has 0 atom stereocenters. The second kappa shape index (κ2) is 12.9. The molecule has 0 unspecified atom stereocenters. The Bertz CT molecular complexity index is 1870. The van der Waals surface area contributed by atoms with Crippen LogP contribution in [0.5, 0.6) is 0 Å². The highest BCUT2D eigenvalue weighted by atomic mass is 19.4. The molecule has 0 aromatic carbocycles. The summed E-state index contributed by atoms with van der Waals surface area (Å²) in [6.45, 7) is 11.6. The fourth-order valence-corrected chi connectivity index (χ4v) is 4.75. The van der Waals surface area contributed by atoms with Gasteiger partial charge in [-0.25, -0.2) is 38.9 Å². The van der Waals surface area contributed by atoms with Crippen LogP contribution in [0.15, 0.2) is 36.9 Å². The van der Waals surface area contributed by atoms with Crippen LogP contribution in [0.2, 0.25) is 0 Å². The number of hydrogen-bond acceptors (Lipinski definition) is 10. The van der Waals surface area contributed by atoms with Crippen LogP contribution in [0.25, 0.3) is 11.6 Å². The van der Waals surface area contributed by atoms with E-state index in [2.05, 4.69) is 30.1 Å². The first-order chi connectivity index (χ1) is 23.1. The van der Waals surface area contributed by atoms with Crippen molar-refractivity contribution in [2.45, 2.75) is 91.3 Å². The molecule has 50 heavy (non-hydrogen) atoms. The van der Waals surface area contributed by atoms with Gasteiger partial charge in [0.25, 0.3) is 0 Å². The van der Waals surface area contributed by atoms with Crippen LogP contribution in [0.1, 0.15) is 75.7 Å².